The molecule has 2 N–H and O–H groups in total. The second-order valence-corrected chi connectivity index (χ2v) is 11.1. The minimum Gasteiger partial charge on any atom is -0.488 e. The molecular weight excluding hydrogens is 494 g/mol. The van der Waals surface area contributed by atoms with Crippen LogP contribution in [0.1, 0.15) is 58.8 Å². The van der Waals surface area contributed by atoms with E-state index in [0.717, 1.165) is 18.9 Å². The van der Waals surface area contributed by atoms with Gasteiger partial charge in [-0.25, -0.2) is 22.0 Å². The van der Waals surface area contributed by atoms with E-state index in [1.54, 1.807) is 26.0 Å². The van der Waals surface area contributed by atoms with Gasteiger partial charge < -0.3 is 14.4 Å². The summed E-state index contributed by atoms with van der Waals surface area (Å²) in [7, 11) is -4.26. The highest BCUT2D eigenvalue weighted by Gasteiger charge is 2.47. The Morgan fingerprint density at radius 1 is 1.17 bits per heavy atom. The number of carbonyl (C=O) groups is 1. The standard InChI is InChI=1S/C25H24F2N2O6S/c1-13-7-22(34-17-10-25(26,27)11-17)21(9-19(13)20-12-28-35-14(20)2)29-36(32,33)23-8-16(24(30)31)5-6-18(23)15-3-4-15/h5-9,12,15,17,29H,3-4,10-11H2,1-2H3,(H,30,31). The molecule has 0 bridgehead atoms. The van der Waals surface area contributed by atoms with Crippen molar-refractivity contribution in [2.24, 2.45) is 0 Å². The van der Waals surface area contributed by atoms with E-state index in [0.29, 0.717) is 28.0 Å². The number of carboxylic acids is 1. The van der Waals surface area contributed by atoms with E-state index in [9.17, 15) is 27.1 Å². The average molecular weight is 519 g/mol. The molecule has 5 rings (SSSR count). The van der Waals surface area contributed by atoms with E-state index in [1.165, 1.54) is 18.3 Å². The van der Waals surface area contributed by atoms with Crippen molar-refractivity contribution in [2.75, 3.05) is 4.72 Å². The number of sulfonamides is 1. The number of aromatic carboxylic acids is 1. The lowest BCUT2D eigenvalue weighted by Gasteiger charge is -2.35. The Balaban J connectivity index is 1.57. The van der Waals surface area contributed by atoms with Crippen LogP contribution in [-0.4, -0.2) is 36.7 Å². The van der Waals surface area contributed by atoms with Crippen molar-refractivity contribution in [1.29, 1.82) is 0 Å². The Bertz CT molecular complexity index is 1460. The molecule has 8 nitrogen and oxygen atoms in total. The summed E-state index contributed by atoms with van der Waals surface area (Å²) < 4.78 is 67.5. The molecule has 0 spiro atoms. The summed E-state index contributed by atoms with van der Waals surface area (Å²) >= 11 is 0. The van der Waals surface area contributed by atoms with Gasteiger partial charge in [0, 0.05) is 18.4 Å². The zero-order valence-corrected chi connectivity index (χ0v) is 20.4. The first-order chi connectivity index (χ1) is 16.9. The number of rotatable bonds is 8. The smallest absolute Gasteiger partial charge is 0.335 e. The number of aromatic nitrogens is 1. The predicted molar refractivity (Wildman–Crippen MR) is 126 cm³/mol. The predicted octanol–water partition coefficient (Wildman–Crippen LogP) is 5.51. The fourth-order valence-electron chi connectivity index (χ4n) is 4.41. The quantitative estimate of drug-likeness (QED) is 0.404. The Kier molecular flexibility index (Phi) is 5.77. The first-order valence-electron chi connectivity index (χ1n) is 11.4. The Hall–Kier alpha value is -3.47. The number of nitrogens with one attached hydrogen (secondary N) is 1. The molecule has 0 radical (unpaired) electrons. The maximum Gasteiger partial charge on any atom is 0.335 e. The molecule has 0 amide bonds. The SMILES string of the molecule is Cc1cc(OC2CC(F)(F)C2)c(NS(=O)(=O)c2cc(C(=O)O)ccc2C2CC2)cc1-c1cnoc1C. The Morgan fingerprint density at radius 2 is 1.89 bits per heavy atom. The van der Waals surface area contributed by atoms with Crippen LogP contribution >= 0.6 is 0 Å². The Labute approximate surface area is 206 Å². The number of anilines is 1. The van der Waals surface area contributed by atoms with E-state index >= 15 is 0 Å². The summed E-state index contributed by atoms with van der Waals surface area (Å²) in [5.74, 6) is -3.40. The van der Waals surface area contributed by atoms with Crippen LogP contribution in [0, 0.1) is 13.8 Å². The van der Waals surface area contributed by atoms with Crippen molar-refractivity contribution < 1.29 is 36.4 Å². The molecular formula is C25H24F2N2O6S. The topological polar surface area (TPSA) is 119 Å². The molecule has 36 heavy (non-hydrogen) atoms. The van der Waals surface area contributed by atoms with Gasteiger partial charge >= 0.3 is 5.97 Å². The number of carboxylic acid groups (broad SMARTS) is 1. The molecule has 190 valence electrons. The van der Waals surface area contributed by atoms with Crippen LogP contribution in [0.2, 0.25) is 0 Å². The first-order valence-corrected chi connectivity index (χ1v) is 12.9. The van der Waals surface area contributed by atoms with Crippen molar-refractivity contribution in [2.45, 2.75) is 62.4 Å². The maximum atomic E-state index is 13.6. The third kappa shape index (κ3) is 4.67. The summed E-state index contributed by atoms with van der Waals surface area (Å²) in [6, 6.07) is 7.20. The minimum absolute atomic E-state index is 0.0283. The monoisotopic (exact) mass is 518 g/mol. The van der Waals surface area contributed by atoms with Crippen LogP contribution in [-0.2, 0) is 10.0 Å². The van der Waals surface area contributed by atoms with E-state index < -0.39 is 40.9 Å². The van der Waals surface area contributed by atoms with Crippen LogP contribution < -0.4 is 9.46 Å². The normalized spacial score (nSPS) is 17.4. The molecule has 2 aliphatic carbocycles. The van der Waals surface area contributed by atoms with Gasteiger partial charge in [0.2, 0.25) is 0 Å². The molecule has 0 saturated heterocycles. The maximum absolute atomic E-state index is 13.6. The van der Waals surface area contributed by atoms with Gasteiger partial charge in [-0.3, -0.25) is 4.72 Å². The fraction of sp³-hybridized carbons (Fsp3) is 0.360. The molecule has 1 aromatic heterocycles. The number of benzene rings is 2. The molecule has 2 aromatic carbocycles. The highest BCUT2D eigenvalue weighted by atomic mass is 32.2. The van der Waals surface area contributed by atoms with E-state index in [1.807, 2.05) is 0 Å². The van der Waals surface area contributed by atoms with Gasteiger partial charge in [-0.15, -0.1) is 0 Å². The zero-order chi connectivity index (χ0) is 25.8. The van der Waals surface area contributed by atoms with E-state index in [4.69, 9.17) is 9.26 Å². The second-order valence-electron chi connectivity index (χ2n) is 9.40. The Morgan fingerprint density at radius 3 is 2.47 bits per heavy atom. The summed E-state index contributed by atoms with van der Waals surface area (Å²) in [5.41, 5.74) is 2.40. The number of hydrogen-bond acceptors (Lipinski definition) is 6. The average Bonchev–Trinajstić information content (AvgIpc) is 3.54. The molecule has 11 heteroatoms. The van der Waals surface area contributed by atoms with E-state index in [2.05, 4.69) is 9.88 Å². The fourth-order valence-corrected chi connectivity index (χ4v) is 5.79. The molecule has 0 atom stereocenters. The van der Waals surface area contributed by atoms with Crippen LogP contribution in [0.5, 0.6) is 5.75 Å². The van der Waals surface area contributed by atoms with Crippen molar-refractivity contribution in [3.05, 3.63) is 59.0 Å². The van der Waals surface area contributed by atoms with Crippen LogP contribution in [0.4, 0.5) is 14.5 Å². The number of aryl methyl sites for hydroxylation is 2. The summed E-state index contributed by atoms with van der Waals surface area (Å²) in [6.45, 7) is 3.50. The van der Waals surface area contributed by atoms with Gasteiger partial charge in [0.25, 0.3) is 15.9 Å². The molecule has 2 saturated carbocycles. The first kappa shape index (κ1) is 24.2. The molecule has 3 aromatic rings. The number of halogens is 2. The van der Waals surface area contributed by atoms with E-state index in [-0.39, 0.29) is 27.8 Å². The lowest BCUT2D eigenvalue weighted by Crippen LogP contribution is -2.43. The largest absolute Gasteiger partial charge is 0.488 e. The summed E-state index contributed by atoms with van der Waals surface area (Å²) in [5, 5.41) is 13.2. The van der Waals surface area contributed by atoms with Crippen molar-refractivity contribution in [3.63, 3.8) is 0 Å². The lowest BCUT2D eigenvalue weighted by molar-refractivity contribution is -0.134. The van der Waals surface area contributed by atoms with Crippen molar-refractivity contribution >= 4 is 21.7 Å². The number of ether oxygens (including phenoxy) is 1. The van der Waals surface area contributed by atoms with Crippen LogP contribution in [0.15, 0.2) is 45.9 Å². The van der Waals surface area contributed by atoms with Gasteiger partial charge in [0.1, 0.15) is 17.6 Å². The van der Waals surface area contributed by atoms with Crippen LogP contribution in [0.3, 0.4) is 0 Å². The number of nitrogens with zero attached hydrogens (tertiary/aromatic N) is 1. The van der Waals surface area contributed by atoms with Crippen LogP contribution in [0.25, 0.3) is 11.1 Å². The van der Waals surface area contributed by atoms with Gasteiger partial charge in [-0.1, -0.05) is 11.2 Å². The van der Waals surface area contributed by atoms with Gasteiger partial charge in [0.15, 0.2) is 0 Å². The van der Waals surface area contributed by atoms with Gasteiger partial charge in [-0.2, -0.15) is 0 Å². The molecule has 2 aliphatic rings. The summed E-state index contributed by atoms with van der Waals surface area (Å²) in [4.78, 5) is 11.4. The van der Waals surface area contributed by atoms with Crippen molar-refractivity contribution in [3.8, 4) is 16.9 Å². The third-order valence-corrected chi connectivity index (χ3v) is 7.95. The van der Waals surface area contributed by atoms with Gasteiger partial charge in [-0.05, 0) is 73.6 Å². The highest BCUT2D eigenvalue weighted by Crippen LogP contribution is 2.45. The molecule has 2 fully saturated rings. The second kappa shape index (κ2) is 8.58. The third-order valence-electron chi connectivity index (χ3n) is 6.53. The van der Waals surface area contributed by atoms with Gasteiger partial charge in [0.05, 0.1) is 22.3 Å². The molecule has 0 unspecified atom stereocenters. The van der Waals surface area contributed by atoms with Crippen molar-refractivity contribution in [1.82, 2.24) is 5.16 Å². The number of alkyl halides is 2. The molecule has 1 heterocycles. The minimum atomic E-state index is -4.26. The highest BCUT2D eigenvalue weighted by molar-refractivity contribution is 7.92. The summed E-state index contributed by atoms with van der Waals surface area (Å²) in [6.07, 6.45) is 1.43. The zero-order valence-electron chi connectivity index (χ0n) is 19.5. The molecule has 0 aliphatic heterocycles. The number of hydrogen-bond donors (Lipinski definition) is 2. The lowest BCUT2D eigenvalue weighted by atomic mass is 9.91.